The van der Waals surface area contributed by atoms with Crippen LogP contribution >= 0.6 is 0 Å². The maximum Gasteiger partial charge on any atom is 0.183 e. The number of terminal acetylenes is 1. The van der Waals surface area contributed by atoms with Gasteiger partial charge in [-0.3, -0.25) is 4.90 Å². The summed E-state index contributed by atoms with van der Waals surface area (Å²) in [5.41, 5.74) is 0.405. The van der Waals surface area contributed by atoms with Crippen LogP contribution in [-0.4, -0.2) is 46.6 Å². The van der Waals surface area contributed by atoms with E-state index in [0.717, 1.165) is 32.5 Å². The van der Waals surface area contributed by atoms with Crippen molar-refractivity contribution in [2.75, 3.05) is 24.5 Å². The zero-order chi connectivity index (χ0) is 13.2. The van der Waals surface area contributed by atoms with E-state index < -0.39 is 0 Å². The van der Waals surface area contributed by atoms with E-state index >= 15 is 0 Å². The maximum absolute atomic E-state index is 9.10. The van der Waals surface area contributed by atoms with Gasteiger partial charge in [-0.1, -0.05) is 5.92 Å². The second-order valence-corrected chi connectivity index (χ2v) is 4.94. The minimum absolute atomic E-state index is 0.282. The molecule has 3 rings (SSSR count). The standard InChI is InChI=1S/C14H15N5/c1-2-11-3-4-12-10-18(7-8-19(11)12)14-13(9-15)16-5-6-17-14/h1,5-6,11-12H,3-4,7-8,10H2/t11?,12-/m0/s1. The number of anilines is 1. The predicted molar refractivity (Wildman–Crippen MR) is 71.3 cm³/mol. The Morgan fingerprint density at radius 3 is 2.89 bits per heavy atom. The van der Waals surface area contributed by atoms with Crippen molar-refractivity contribution in [3.63, 3.8) is 0 Å². The fourth-order valence-corrected chi connectivity index (χ4v) is 3.07. The smallest absolute Gasteiger partial charge is 0.183 e. The van der Waals surface area contributed by atoms with Gasteiger partial charge in [0, 0.05) is 38.1 Å². The van der Waals surface area contributed by atoms with Crippen molar-refractivity contribution in [2.24, 2.45) is 0 Å². The lowest BCUT2D eigenvalue weighted by molar-refractivity contribution is 0.202. The van der Waals surface area contributed by atoms with E-state index in [-0.39, 0.29) is 6.04 Å². The molecule has 0 radical (unpaired) electrons. The molecule has 3 heterocycles. The molecule has 0 aromatic carbocycles. The quantitative estimate of drug-likeness (QED) is 0.687. The zero-order valence-corrected chi connectivity index (χ0v) is 10.7. The summed E-state index contributed by atoms with van der Waals surface area (Å²) in [7, 11) is 0. The lowest BCUT2D eigenvalue weighted by atomic mass is 10.1. The van der Waals surface area contributed by atoms with Crippen LogP contribution in [0.1, 0.15) is 18.5 Å². The summed E-state index contributed by atoms with van der Waals surface area (Å²) in [5, 5.41) is 9.10. The molecule has 2 aliphatic rings. The predicted octanol–water partition coefficient (Wildman–Crippen LogP) is 0.634. The Morgan fingerprint density at radius 2 is 2.11 bits per heavy atom. The maximum atomic E-state index is 9.10. The van der Waals surface area contributed by atoms with E-state index in [1.165, 1.54) is 0 Å². The number of hydrogen-bond acceptors (Lipinski definition) is 5. The van der Waals surface area contributed by atoms with Crippen LogP contribution in [0, 0.1) is 23.7 Å². The van der Waals surface area contributed by atoms with Crippen LogP contribution < -0.4 is 4.90 Å². The number of nitriles is 1. The Morgan fingerprint density at radius 1 is 1.26 bits per heavy atom. The molecule has 1 aromatic rings. The van der Waals surface area contributed by atoms with Crippen molar-refractivity contribution in [1.82, 2.24) is 14.9 Å². The Kier molecular flexibility index (Phi) is 3.06. The highest BCUT2D eigenvalue weighted by Crippen LogP contribution is 2.29. The van der Waals surface area contributed by atoms with Crippen molar-refractivity contribution >= 4 is 5.82 Å². The van der Waals surface area contributed by atoms with E-state index in [4.69, 9.17) is 11.7 Å². The molecule has 2 atom stereocenters. The van der Waals surface area contributed by atoms with Gasteiger partial charge in [0.2, 0.25) is 0 Å². The third-order valence-corrected chi connectivity index (χ3v) is 3.98. The molecular weight excluding hydrogens is 238 g/mol. The molecule has 0 amide bonds. The van der Waals surface area contributed by atoms with Crippen molar-refractivity contribution in [3.8, 4) is 18.4 Å². The first-order chi connectivity index (χ1) is 9.33. The van der Waals surface area contributed by atoms with Gasteiger partial charge < -0.3 is 4.90 Å². The molecule has 1 unspecified atom stereocenters. The van der Waals surface area contributed by atoms with Gasteiger partial charge in [-0.2, -0.15) is 5.26 Å². The summed E-state index contributed by atoms with van der Waals surface area (Å²) in [6, 6.07) is 2.87. The Balaban J connectivity index is 1.80. The van der Waals surface area contributed by atoms with Gasteiger partial charge in [-0.15, -0.1) is 6.42 Å². The lowest BCUT2D eigenvalue weighted by Gasteiger charge is -2.39. The number of fused-ring (bicyclic) bond motifs is 1. The molecule has 5 heteroatoms. The first-order valence-electron chi connectivity index (χ1n) is 6.51. The summed E-state index contributed by atoms with van der Waals surface area (Å²) in [6.07, 6.45) is 10.9. The number of piperazine rings is 1. The first-order valence-corrected chi connectivity index (χ1v) is 6.51. The molecule has 0 aliphatic carbocycles. The van der Waals surface area contributed by atoms with Crippen LogP contribution in [0.5, 0.6) is 0 Å². The van der Waals surface area contributed by atoms with Crippen LogP contribution in [0.2, 0.25) is 0 Å². The van der Waals surface area contributed by atoms with Crippen LogP contribution in [0.4, 0.5) is 5.82 Å². The molecule has 5 nitrogen and oxygen atoms in total. The Labute approximate surface area is 112 Å². The highest BCUT2D eigenvalue weighted by molar-refractivity contribution is 5.50. The normalized spacial score (nSPS) is 26.5. The molecule has 2 fully saturated rings. The van der Waals surface area contributed by atoms with Gasteiger partial charge >= 0.3 is 0 Å². The molecule has 2 saturated heterocycles. The van der Waals surface area contributed by atoms with Crippen LogP contribution in [0.25, 0.3) is 0 Å². The second kappa shape index (κ2) is 4.87. The Bertz CT molecular complexity index is 556. The SMILES string of the molecule is C#CC1CC[C@H]2CN(c3nccnc3C#N)CCN12. The monoisotopic (exact) mass is 253 g/mol. The molecule has 0 saturated carbocycles. The average molecular weight is 253 g/mol. The summed E-state index contributed by atoms with van der Waals surface area (Å²) >= 11 is 0. The lowest BCUT2D eigenvalue weighted by Crippen LogP contribution is -2.52. The summed E-state index contributed by atoms with van der Waals surface area (Å²) in [5.74, 6) is 3.57. The van der Waals surface area contributed by atoms with Crippen LogP contribution in [0.3, 0.4) is 0 Å². The molecule has 0 bridgehead atoms. The van der Waals surface area contributed by atoms with Gasteiger partial charge in [0.1, 0.15) is 6.07 Å². The fraction of sp³-hybridized carbons (Fsp3) is 0.500. The fourth-order valence-electron chi connectivity index (χ4n) is 3.07. The van der Waals surface area contributed by atoms with Gasteiger partial charge in [0.15, 0.2) is 11.5 Å². The van der Waals surface area contributed by atoms with Crippen molar-refractivity contribution in [1.29, 1.82) is 5.26 Å². The number of rotatable bonds is 1. The van der Waals surface area contributed by atoms with Gasteiger partial charge in [0.25, 0.3) is 0 Å². The third-order valence-electron chi connectivity index (χ3n) is 3.98. The van der Waals surface area contributed by atoms with E-state index in [1.807, 2.05) is 0 Å². The molecule has 19 heavy (non-hydrogen) atoms. The summed E-state index contributed by atoms with van der Waals surface area (Å²) in [4.78, 5) is 12.9. The summed E-state index contributed by atoms with van der Waals surface area (Å²) < 4.78 is 0. The van der Waals surface area contributed by atoms with Crippen molar-refractivity contribution < 1.29 is 0 Å². The second-order valence-electron chi connectivity index (χ2n) is 4.94. The first kappa shape index (κ1) is 12.0. The molecule has 96 valence electrons. The summed E-state index contributed by atoms with van der Waals surface area (Å²) in [6.45, 7) is 2.66. The van der Waals surface area contributed by atoms with E-state index in [1.54, 1.807) is 12.4 Å². The van der Waals surface area contributed by atoms with Gasteiger partial charge in [-0.05, 0) is 12.8 Å². The van der Waals surface area contributed by atoms with E-state index in [2.05, 4.69) is 31.8 Å². The van der Waals surface area contributed by atoms with E-state index in [9.17, 15) is 0 Å². The highest BCUT2D eigenvalue weighted by atomic mass is 15.3. The minimum atomic E-state index is 0.282. The van der Waals surface area contributed by atoms with Crippen molar-refractivity contribution in [3.05, 3.63) is 18.1 Å². The van der Waals surface area contributed by atoms with Crippen LogP contribution in [-0.2, 0) is 0 Å². The minimum Gasteiger partial charge on any atom is -0.351 e. The van der Waals surface area contributed by atoms with E-state index in [0.29, 0.717) is 17.6 Å². The molecule has 2 aliphatic heterocycles. The van der Waals surface area contributed by atoms with Crippen LogP contribution in [0.15, 0.2) is 12.4 Å². The topological polar surface area (TPSA) is 56.1 Å². The number of hydrogen-bond donors (Lipinski definition) is 0. The third kappa shape index (κ3) is 2.03. The van der Waals surface area contributed by atoms with Gasteiger partial charge in [0.05, 0.1) is 6.04 Å². The number of nitrogens with zero attached hydrogens (tertiary/aromatic N) is 5. The largest absolute Gasteiger partial charge is 0.351 e. The molecular formula is C14H15N5. The molecule has 0 N–H and O–H groups in total. The number of aromatic nitrogens is 2. The van der Waals surface area contributed by atoms with Crippen molar-refractivity contribution in [2.45, 2.75) is 24.9 Å². The Hall–Kier alpha value is -2.11. The molecule has 1 aromatic heterocycles. The highest BCUT2D eigenvalue weighted by Gasteiger charge is 2.37. The zero-order valence-electron chi connectivity index (χ0n) is 10.7. The van der Waals surface area contributed by atoms with Gasteiger partial charge in [-0.25, -0.2) is 9.97 Å². The average Bonchev–Trinajstić information content (AvgIpc) is 2.89. The molecule has 0 spiro atoms.